The van der Waals surface area contributed by atoms with Gasteiger partial charge in [0.2, 0.25) is 5.79 Å². The maximum absolute atomic E-state index is 6.33. The molecule has 2 unspecified atom stereocenters. The van der Waals surface area contributed by atoms with Gasteiger partial charge in [0.25, 0.3) is 0 Å². The summed E-state index contributed by atoms with van der Waals surface area (Å²) in [4.78, 5) is 5.19. The number of rotatable bonds is 3. The molecule has 0 amide bonds. The van der Waals surface area contributed by atoms with E-state index in [4.69, 9.17) is 32.7 Å². The second-order valence-corrected chi connectivity index (χ2v) is 6.58. The zero-order valence-corrected chi connectivity index (χ0v) is 13.1. The van der Waals surface area contributed by atoms with Crippen LogP contribution in [0, 0.1) is 0 Å². The second-order valence-electron chi connectivity index (χ2n) is 4.76. The van der Waals surface area contributed by atoms with Crippen LogP contribution in [0.3, 0.4) is 0 Å². The monoisotopic (exact) mass is 329 g/mol. The molecule has 2 heterocycles. The van der Waals surface area contributed by atoms with Gasteiger partial charge in [0.1, 0.15) is 0 Å². The summed E-state index contributed by atoms with van der Waals surface area (Å²) >= 11 is 13.9. The van der Waals surface area contributed by atoms with Crippen LogP contribution < -0.4 is 0 Å². The number of thiazole rings is 1. The summed E-state index contributed by atoms with van der Waals surface area (Å²) in [5, 5.41) is 1.15. The van der Waals surface area contributed by atoms with Crippen molar-refractivity contribution in [1.82, 2.24) is 4.98 Å². The molecule has 0 N–H and O–H groups in total. The van der Waals surface area contributed by atoms with Crippen molar-refractivity contribution >= 4 is 34.5 Å². The van der Waals surface area contributed by atoms with Crippen LogP contribution in [0.2, 0.25) is 10.0 Å². The summed E-state index contributed by atoms with van der Waals surface area (Å²) in [5.74, 6) is -0.854. The zero-order chi connectivity index (χ0) is 14.2. The summed E-state index contributed by atoms with van der Waals surface area (Å²) in [6, 6.07) is 5.37. The number of nitrogens with zero attached hydrogens (tertiary/aromatic N) is 1. The average molecular weight is 330 g/mol. The van der Waals surface area contributed by atoms with Crippen LogP contribution in [0.5, 0.6) is 0 Å². The topological polar surface area (TPSA) is 31.4 Å². The molecular weight excluding hydrogens is 317 g/mol. The Morgan fingerprint density at radius 3 is 2.90 bits per heavy atom. The SMILES string of the molecule is CC1COC(Cc2cncs2)(c2ccc(Cl)cc2Cl)O1. The molecule has 1 aromatic heterocycles. The van der Waals surface area contributed by atoms with Crippen molar-refractivity contribution in [2.45, 2.75) is 25.2 Å². The number of aromatic nitrogens is 1. The second kappa shape index (κ2) is 5.62. The van der Waals surface area contributed by atoms with E-state index in [0.29, 0.717) is 23.1 Å². The number of halogens is 2. The van der Waals surface area contributed by atoms with E-state index in [1.807, 2.05) is 19.2 Å². The van der Waals surface area contributed by atoms with Gasteiger partial charge in [0.15, 0.2) is 0 Å². The number of ether oxygens (including phenoxy) is 2. The molecule has 1 fully saturated rings. The molecule has 1 aliphatic rings. The van der Waals surface area contributed by atoms with Crippen LogP contribution in [0.4, 0.5) is 0 Å². The molecule has 0 saturated carbocycles. The van der Waals surface area contributed by atoms with Crippen molar-refractivity contribution in [3.05, 3.63) is 50.4 Å². The molecule has 0 radical (unpaired) electrons. The Morgan fingerprint density at radius 2 is 2.30 bits per heavy atom. The first kappa shape index (κ1) is 14.3. The van der Waals surface area contributed by atoms with E-state index in [9.17, 15) is 0 Å². The van der Waals surface area contributed by atoms with E-state index in [1.165, 1.54) is 0 Å². The van der Waals surface area contributed by atoms with Crippen LogP contribution in [0.25, 0.3) is 0 Å². The van der Waals surface area contributed by atoms with E-state index >= 15 is 0 Å². The predicted molar refractivity (Wildman–Crippen MR) is 80.5 cm³/mol. The van der Waals surface area contributed by atoms with Crippen molar-refractivity contribution in [2.24, 2.45) is 0 Å². The van der Waals surface area contributed by atoms with Gasteiger partial charge in [0.05, 0.1) is 23.2 Å². The molecule has 0 spiro atoms. The van der Waals surface area contributed by atoms with Crippen molar-refractivity contribution < 1.29 is 9.47 Å². The highest BCUT2D eigenvalue weighted by Crippen LogP contribution is 2.41. The van der Waals surface area contributed by atoms with Crippen LogP contribution in [0.15, 0.2) is 29.9 Å². The van der Waals surface area contributed by atoms with E-state index < -0.39 is 5.79 Å². The van der Waals surface area contributed by atoms with Crippen molar-refractivity contribution in [3.63, 3.8) is 0 Å². The third-order valence-electron chi connectivity index (χ3n) is 3.17. The van der Waals surface area contributed by atoms with Crippen LogP contribution >= 0.6 is 34.5 Å². The Kier molecular flexibility index (Phi) is 4.02. The Labute approximate surface area is 131 Å². The Morgan fingerprint density at radius 1 is 1.45 bits per heavy atom. The summed E-state index contributed by atoms with van der Waals surface area (Å²) in [7, 11) is 0. The molecule has 20 heavy (non-hydrogen) atoms. The van der Waals surface area contributed by atoms with E-state index in [-0.39, 0.29) is 6.10 Å². The lowest BCUT2D eigenvalue weighted by Crippen LogP contribution is -2.30. The molecule has 2 aromatic rings. The normalized spacial score (nSPS) is 26.1. The van der Waals surface area contributed by atoms with Crippen LogP contribution in [-0.2, 0) is 21.7 Å². The minimum absolute atomic E-state index is 0.0228. The summed E-state index contributed by atoms with van der Waals surface area (Å²) in [6.07, 6.45) is 2.43. The molecule has 106 valence electrons. The number of hydrogen-bond donors (Lipinski definition) is 0. The van der Waals surface area contributed by atoms with Crippen molar-refractivity contribution in [1.29, 1.82) is 0 Å². The summed E-state index contributed by atoms with van der Waals surface area (Å²) in [5.41, 5.74) is 2.60. The first-order chi connectivity index (χ1) is 9.59. The van der Waals surface area contributed by atoms with Gasteiger partial charge in [-0.1, -0.05) is 29.3 Å². The molecule has 3 rings (SSSR count). The number of hydrogen-bond acceptors (Lipinski definition) is 4. The average Bonchev–Trinajstić information content (AvgIpc) is 3.00. The van der Waals surface area contributed by atoms with Gasteiger partial charge in [-0.25, -0.2) is 0 Å². The molecule has 1 aliphatic heterocycles. The van der Waals surface area contributed by atoms with Crippen molar-refractivity contribution in [2.75, 3.05) is 6.61 Å². The van der Waals surface area contributed by atoms with E-state index in [0.717, 1.165) is 10.4 Å². The fraction of sp³-hybridized carbons (Fsp3) is 0.357. The van der Waals surface area contributed by atoms with Gasteiger partial charge in [-0.15, -0.1) is 11.3 Å². The van der Waals surface area contributed by atoms with Crippen LogP contribution in [-0.4, -0.2) is 17.7 Å². The summed E-state index contributed by atoms with van der Waals surface area (Å²) < 4.78 is 12.0. The quantitative estimate of drug-likeness (QED) is 0.842. The van der Waals surface area contributed by atoms with Gasteiger partial charge in [0, 0.05) is 28.1 Å². The summed E-state index contributed by atoms with van der Waals surface area (Å²) in [6.45, 7) is 2.52. The van der Waals surface area contributed by atoms with E-state index in [2.05, 4.69) is 4.98 Å². The van der Waals surface area contributed by atoms with Gasteiger partial charge in [-0.3, -0.25) is 4.98 Å². The number of benzene rings is 1. The Balaban J connectivity index is 2.01. The maximum Gasteiger partial charge on any atom is 0.201 e. The molecule has 3 nitrogen and oxygen atoms in total. The third kappa shape index (κ3) is 2.71. The molecule has 0 aliphatic carbocycles. The smallest absolute Gasteiger partial charge is 0.201 e. The molecule has 0 bridgehead atoms. The first-order valence-electron chi connectivity index (χ1n) is 6.24. The first-order valence-corrected chi connectivity index (χ1v) is 7.87. The van der Waals surface area contributed by atoms with E-state index in [1.54, 1.807) is 29.0 Å². The highest BCUT2D eigenvalue weighted by atomic mass is 35.5. The van der Waals surface area contributed by atoms with Gasteiger partial charge < -0.3 is 9.47 Å². The fourth-order valence-electron chi connectivity index (χ4n) is 2.33. The molecular formula is C14H13Cl2NO2S. The standard InChI is InChI=1S/C14H13Cl2NO2S/c1-9-7-18-14(19-9,5-11-6-17-8-20-11)12-3-2-10(15)4-13(12)16/h2-4,6,8-9H,5,7H2,1H3. The van der Waals surface area contributed by atoms with Crippen LogP contribution in [0.1, 0.15) is 17.4 Å². The maximum atomic E-state index is 6.33. The lowest BCUT2D eigenvalue weighted by Gasteiger charge is -2.28. The minimum Gasteiger partial charge on any atom is -0.343 e. The lowest BCUT2D eigenvalue weighted by atomic mass is 10.0. The zero-order valence-electron chi connectivity index (χ0n) is 10.8. The van der Waals surface area contributed by atoms with Gasteiger partial charge >= 0.3 is 0 Å². The molecule has 6 heteroatoms. The largest absolute Gasteiger partial charge is 0.343 e. The van der Waals surface area contributed by atoms with Gasteiger partial charge in [-0.2, -0.15) is 0 Å². The Bertz CT molecular complexity index is 605. The van der Waals surface area contributed by atoms with Crippen molar-refractivity contribution in [3.8, 4) is 0 Å². The molecule has 2 atom stereocenters. The van der Waals surface area contributed by atoms with Gasteiger partial charge in [-0.05, 0) is 19.1 Å². The third-order valence-corrected chi connectivity index (χ3v) is 4.50. The Hall–Kier alpha value is -0.650. The molecule has 1 aromatic carbocycles. The highest BCUT2D eigenvalue weighted by molar-refractivity contribution is 7.09. The molecule has 1 saturated heterocycles. The fourth-order valence-corrected chi connectivity index (χ4v) is 3.54. The lowest BCUT2D eigenvalue weighted by molar-refractivity contribution is -0.173. The minimum atomic E-state index is -0.854. The highest BCUT2D eigenvalue weighted by Gasteiger charge is 2.43. The predicted octanol–water partition coefficient (Wildman–Crippen LogP) is 4.28.